The number of hydrogen-bond donors (Lipinski definition) is 3. The highest BCUT2D eigenvalue weighted by molar-refractivity contribution is 7.47. The SMILES string of the molecule is CCCCCCCCCCCCCCCCCCC(=O)O[C@H](COC(=O)CCCCCCCCCCCC(C)C)COP(=O)(O)OC[C@@H](O)COP(=O)(O)OC[C@@H](COC(=O)CCCCCCCCCC)OC(=O)CCCCCCCCCCC(C)C. The van der Waals surface area contributed by atoms with Gasteiger partial charge in [0.05, 0.1) is 26.4 Å². The molecule has 0 amide bonds. The first-order valence-corrected chi connectivity index (χ1v) is 38.5. The van der Waals surface area contributed by atoms with Crippen LogP contribution in [0.3, 0.4) is 0 Å². The molecule has 0 bridgehead atoms. The zero-order valence-corrected chi connectivity index (χ0v) is 58.1. The maximum atomic E-state index is 13.0. The molecule has 0 aliphatic carbocycles. The van der Waals surface area contributed by atoms with E-state index in [4.69, 9.17) is 37.0 Å². The third kappa shape index (κ3) is 62.6. The Hall–Kier alpha value is -1.94. The molecule has 87 heavy (non-hydrogen) atoms. The van der Waals surface area contributed by atoms with Crippen LogP contribution in [0, 0.1) is 11.8 Å². The van der Waals surface area contributed by atoms with Crippen molar-refractivity contribution < 1.29 is 80.2 Å². The molecule has 0 aromatic heterocycles. The molecule has 0 aliphatic heterocycles. The van der Waals surface area contributed by atoms with Gasteiger partial charge in [0.25, 0.3) is 0 Å². The van der Waals surface area contributed by atoms with Crippen molar-refractivity contribution in [1.29, 1.82) is 0 Å². The predicted octanol–water partition coefficient (Wildman–Crippen LogP) is 19.2. The van der Waals surface area contributed by atoms with Crippen LogP contribution in [0.25, 0.3) is 0 Å². The van der Waals surface area contributed by atoms with Gasteiger partial charge in [-0.2, -0.15) is 0 Å². The molecule has 0 spiro atoms. The molecule has 0 aromatic carbocycles. The molecular weight excluding hydrogens is 1150 g/mol. The fraction of sp³-hybridized carbons (Fsp3) is 0.941. The maximum absolute atomic E-state index is 13.0. The molecular formula is C68H132O17P2. The first kappa shape index (κ1) is 85.1. The predicted molar refractivity (Wildman–Crippen MR) is 349 cm³/mol. The zero-order valence-electron chi connectivity index (χ0n) is 56.3. The van der Waals surface area contributed by atoms with Gasteiger partial charge in [-0.25, -0.2) is 9.13 Å². The zero-order chi connectivity index (χ0) is 64.3. The number of carbonyl (C=O) groups excluding carboxylic acids is 4. The van der Waals surface area contributed by atoms with E-state index in [2.05, 4.69) is 41.5 Å². The summed E-state index contributed by atoms with van der Waals surface area (Å²) in [5.41, 5.74) is 0. The van der Waals surface area contributed by atoms with Crippen LogP contribution >= 0.6 is 15.6 Å². The fourth-order valence-corrected chi connectivity index (χ4v) is 11.8. The fourth-order valence-electron chi connectivity index (χ4n) is 10.2. The number of carbonyl (C=O) groups is 4. The summed E-state index contributed by atoms with van der Waals surface area (Å²) in [5, 5.41) is 10.6. The number of unbranched alkanes of at least 4 members (excludes halogenated alkanes) is 37. The van der Waals surface area contributed by atoms with Gasteiger partial charge in [-0.3, -0.25) is 37.3 Å². The number of esters is 4. The molecule has 0 aromatic rings. The summed E-state index contributed by atoms with van der Waals surface area (Å²) >= 11 is 0. The van der Waals surface area contributed by atoms with Crippen molar-refractivity contribution >= 4 is 39.5 Å². The topological polar surface area (TPSA) is 237 Å². The minimum absolute atomic E-state index is 0.104. The summed E-state index contributed by atoms with van der Waals surface area (Å²) in [6.07, 6.45) is 44.5. The Morgan fingerprint density at radius 1 is 0.310 bits per heavy atom. The highest BCUT2D eigenvalue weighted by Gasteiger charge is 2.30. The monoisotopic (exact) mass is 1280 g/mol. The first-order valence-electron chi connectivity index (χ1n) is 35.5. The average molecular weight is 1280 g/mol. The number of aliphatic hydroxyl groups is 1. The van der Waals surface area contributed by atoms with Gasteiger partial charge >= 0.3 is 39.5 Å². The lowest BCUT2D eigenvalue weighted by molar-refractivity contribution is -0.161. The highest BCUT2D eigenvalue weighted by Crippen LogP contribution is 2.45. The van der Waals surface area contributed by atoms with Gasteiger partial charge in [0, 0.05) is 25.7 Å². The molecule has 0 saturated carbocycles. The van der Waals surface area contributed by atoms with Crippen molar-refractivity contribution in [2.45, 2.75) is 362 Å². The van der Waals surface area contributed by atoms with Crippen LogP contribution < -0.4 is 0 Å². The molecule has 0 fully saturated rings. The minimum Gasteiger partial charge on any atom is -0.462 e. The minimum atomic E-state index is -4.95. The second kappa shape index (κ2) is 60.3. The van der Waals surface area contributed by atoms with Crippen molar-refractivity contribution in [2.24, 2.45) is 11.8 Å². The third-order valence-electron chi connectivity index (χ3n) is 15.7. The van der Waals surface area contributed by atoms with E-state index in [9.17, 15) is 43.2 Å². The van der Waals surface area contributed by atoms with E-state index in [0.29, 0.717) is 25.7 Å². The summed E-state index contributed by atoms with van der Waals surface area (Å²) in [7, 11) is -9.89. The Kier molecular flexibility index (Phi) is 59.0. The molecule has 0 aliphatic rings. The molecule has 0 saturated heterocycles. The molecule has 19 heteroatoms. The smallest absolute Gasteiger partial charge is 0.462 e. The second-order valence-corrected chi connectivity index (χ2v) is 28.4. The summed E-state index contributed by atoms with van der Waals surface area (Å²) < 4.78 is 68.1. The van der Waals surface area contributed by atoms with Gasteiger partial charge in [0.1, 0.15) is 19.3 Å². The maximum Gasteiger partial charge on any atom is 0.472 e. The van der Waals surface area contributed by atoms with E-state index in [-0.39, 0.29) is 25.7 Å². The van der Waals surface area contributed by atoms with Crippen molar-refractivity contribution in [3.8, 4) is 0 Å². The van der Waals surface area contributed by atoms with Crippen LogP contribution in [0.2, 0.25) is 0 Å². The molecule has 2 unspecified atom stereocenters. The van der Waals surface area contributed by atoms with Crippen LogP contribution in [0.1, 0.15) is 343 Å². The molecule has 17 nitrogen and oxygen atoms in total. The molecule has 3 N–H and O–H groups in total. The number of ether oxygens (including phenoxy) is 4. The standard InChI is InChI=1S/C68H132O17P2/c1-7-9-11-13-15-17-18-19-20-21-22-23-26-34-40-46-52-67(72)84-64(57-79-66(71)51-45-39-33-27-24-25-30-36-42-48-60(3)4)59-83-87(76,77)81-55-62(69)54-80-86(74,75)82-58-63(56-78-65(70)50-44-38-32-16-14-12-10-8-2)85-68(73)53-47-41-35-29-28-31-37-43-49-61(5)6/h60-64,69H,7-59H2,1-6H3,(H,74,75)(H,76,77)/t62-,63+,64+/m0/s1. The van der Waals surface area contributed by atoms with Gasteiger partial charge in [0.2, 0.25) is 0 Å². The average Bonchev–Trinajstić information content (AvgIpc) is 3.67. The largest absolute Gasteiger partial charge is 0.472 e. The Morgan fingerprint density at radius 3 is 0.782 bits per heavy atom. The Morgan fingerprint density at radius 2 is 0.529 bits per heavy atom. The normalized spacial score (nSPS) is 14.2. The molecule has 0 heterocycles. The number of hydrogen-bond acceptors (Lipinski definition) is 15. The van der Waals surface area contributed by atoms with Crippen molar-refractivity contribution in [2.75, 3.05) is 39.6 Å². The Balaban J connectivity index is 5.22. The van der Waals surface area contributed by atoms with Crippen LogP contribution in [0.5, 0.6) is 0 Å². The van der Waals surface area contributed by atoms with Gasteiger partial charge in [-0.1, -0.05) is 292 Å². The number of rotatable bonds is 67. The molecule has 0 radical (unpaired) electrons. The van der Waals surface area contributed by atoms with E-state index in [1.54, 1.807) is 0 Å². The Bertz CT molecular complexity index is 1700. The summed E-state index contributed by atoms with van der Waals surface area (Å²) in [6.45, 7) is 9.45. The van der Waals surface area contributed by atoms with E-state index >= 15 is 0 Å². The van der Waals surface area contributed by atoms with Gasteiger partial charge < -0.3 is 33.8 Å². The van der Waals surface area contributed by atoms with Crippen molar-refractivity contribution in [1.82, 2.24) is 0 Å². The van der Waals surface area contributed by atoms with Crippen LogP contribution in [0.15, 0.2) is 0 Å². The first-order chi connectivity index (χ1) is 41.9. The lowest BCUT2D eigenvalue weighted by atomic mass is 10.0. The van der Waals surface area contributed by atoms with E-state index in [1.807, 2.05) is 0 Å². The number of aliphatic hydroxyl groups excluding tert-OH is 1. The number of phosphoric acid groups is 2. The quantitative estimate of drug-likeness (QED) is 0.0222. The van der Waals surface area contributed by atoms with Crippen molar-refractivity contribution in [3.05, 3.63) is 0 Å². The highest BCUT2D eigenvalue weighted by atomic mass is 31.2. The molecule has 5 atom stereocenters. The van der Waals surface area contributed by atoms with Gasteiger partial charge in [-0.05, 0) is 37.5 Å². The Labute approximate surface area is 530 Å². The van der Waals surface area contributed by atoms with E-state index < -0.39 is 97.5 Å². The third-order valence-corrected chi connectivity index (χ3v) is 17.6. The van der Waals surface area contributed by atoms with Crippen LogP contribution in [-0.2, 0) is 65.4 Å². The second-order valence-electron chi connectivity index (χ2n) is 25.5. The van der Waals surface area contributed by atoms with Gasteiger partial charge in [-0.15, -0.1) is 0 Å². The van der Waals surface area contributed by atoms with Crippen LogP contribution in [0.4, 0.5) is 0 Å². The lowest BCUT2D eigenvalue weighted by Crippen LogP contribution is -2.30. The van der Waals surface area contributed by atoms with Crippen molar-refractivity contribution in [3.63, 3.8) is 0 Å². The molecule has 0 rings (SSSR count). The van der Waals surface area contributed by atoms with Gasteiger partial charge in [0.15, 0.2) is 12.2 Å². The molecule has 516 valence electrons. The van der Waals surface area contributed by atoms with E-state index in [0.717, 1.165) is 108 Å². The van der Waals surface area contributed by atoms with Crippen LogP contribution in [-0.4, -0.2) is 96.7 Å². The van der Waals surface area contributed by atoms with E-state index in [1.165, 1.54) is 154 Å². The summed E-state index contributed by atoms with van der Waals surface area (Å²) in [4.78, 5) is 72.3. The number of phosphoric ester groups is 2. The summed E-state index contributed by atoms with van der Waals surface area (Å²) in [6, 6.07) is 0. The lowest BCUT2D eigenvalue weighted by Gasteiger charge is -2.21. The summed E-state index contributed by atoms with van der Waals surface area (Å²) in [5.74, 6) is -0.668.